The highest BCUT2D eigenvalue weighted by molar-refractivity contribution is 4.98. The van der Waals surface area contributed by atoms with E-state index in [1.54, 1.807) is 0 Å². The van der Waals surface area contributed by atoms with Crippen LogP contribution in [-0.2, 0) is 0 Å². The van der Waals surface area contributed by atoms with Crippen LogP contribution < -0.4 is 5.73 Å². The number of nitrogens with two attached hydrogens (primary N) is 1. The van der Waals surface area contributed by atoms with Gasteiger partial charge in [0.05, 0.1) is 0 Å². The van der Waals surface area contributed by atoms with Gasteiger partial charge in [-0.05, 0) is 52.5 Å². The van der Waals surface area contributed by atoms with E-state index in [0.717, 1.165) is 18.5 Å². The van der Waals surface area contributed by atoms with E-state index in [0.29, 0.717) is 6.04 Å². The lowest BCUT2D eigenvalue weighted by molar-refractivity contribution is -0.00630. The quantitative estimate of drug-likeness (QED) is 0.860. The van der Waals surface area contributed by atoms with Gasteiger partial charge in [-0.3, -0.25) is 4.90 Å². The minimum atomic E-state index is 0.257. The van der Waals surface area contributed by atoms with Crippen molar-refractivity contribution < 1.29 is 0 Å². The van der Waals surface area contributed by atoms with Crippen LogP contribution in [0.5, 0.6) is 0 Å². The molecule has 0 bridgehead atoms. The van der Waals surface area contributed by atoms with Crippen LogP contribution in [0.2, 0.25) is 0 Å². The maximum atomic E-state index is 6.24. The van der Waals surface area contributed by atoms with Crippen LogP contribution in [0, 0.1) is 5.92 Å². The molecule has 0 aromatic carbocycles. The van der Waals surface area contributed by atoms with Gasteiger partial charge < -0.3 is 10.6 Å². The number of piperidine rings is 1. The topological polar surface area (TPSA) is 32.5 Å². The zero-order valence-electron chi connectivity index (χ0n) is 14.1. The molecule has 0 amide bonds. The molecule has 2 rings (SSSR count). The normalized spacial score (nSPS) is 31.9. The van der Waals surface area contributed by atoms with E-state index in [1.165, 1.54) is 51.6 Å². The summed E-state index contributed by atoms with van der Waals surface area (Å²) in [5.74, 6) is 0.891. The van der Waals surface area contributed by atoms with Gasteiger partial charge in [-0.1, -0.05) is 19.8 Å². The zero-order valence-corrected chi connectivity index (χ0v) is 14.1. The van der Waals surface area contributed by atoms with Crippen LogP contribution in [0.15, 0.2) is 0 Å². The maximum absolute atomic E-state index is 6.24. The molecule has 2 fully saturated rings. The fourth-order valence-electron chi connectivity index (χ4n) is 4.30. The molecular formula is C17H35N3. The maximum Gasteiger partial charge on any atom is 0.0355 e. The third-order valence-corrected chi connectivity index (χ3v) is 6.04. The Morgan fingerprint density at radius 1 is 1.25 bits per heavy atom. The average molecular weight is 281 g/mol. The molecule has 2 unspecified atom stereocenters. The first-order valence-electron chi connectivity index (χ1n) is 8.65. The minimum absolute atomic E-state index is 0.257. The summed E-state index contributed by atoms with van der Waals surface area (Å²) < 4.78 is 0. The molecule has 1 aliphatic heterocycles. The molecule has 0 spiro atoms. The Morgan fingerprint density at radius 3 is 2.40 bits per heavy atom. The molecule has 2 N–H and O–H groups in total. The Bertz CT molecular complexity index is 295. The Hall–Kier alpha value is -0.120. The first kappa shape index (κ1) is 16.3. The van der Waals surface area contributed by atoms with Crippen molar-refractivity contribution in [2.24, 2.45) is 11.7 Å². The molecule has 1 aliphatic carbocycles. The van der Waals surface area contributed by atoms with Crippen LogP contribution in [-0.4, -0.2) is 54.1 Å². The molecule has 3 heteroatoms. The Kier molecular flexibility index (Phi) is 5.49. The van der Waals surface area contributed by atoms with Crippen molar-refractivity contribution in [1.82, 2.24) is 9.80 Å². The van der Waals surface area contributed by atoms with E-state index < -0.39 is 0 Å². The SMILES string of the molecule is CC1CCCC(N(C)C2(CN)CCN(C(C)C)CC2)C1. The molecule has 0 aromatic rings. The highest BCUT2D eigenvalue weighted by Gasteiger charge is 2.40. The molecule has 2 aliphatic rings. The van der Waals surface area contributed by atoms with Crippen molar-refractivity contribution in [1.29, 1.82) is 0 Å². The summed E-state index contributed by atoms with van der Waals surface area (Å²) in [5, 5.41) is 0. The summed E-state index contributed by atoms with van der Waals surface area (Å²) in [6.07, 6.45) is 8.03. The molecule has 3 nitrogen and oxygen atoms in total. The van der Waals surface area contributed by atoms with Crippen molar-refractivity contribution >= 4 is 0 Å². The fraction of sp³-hybridized carbons (Fsp3) is 1.00. The smallest absolute Gasteiger partial charge is 0.0355 e. The average Bonchev–Trinajstić information content (AvgIpc) is 2.46. The number of hydrogen-bond acceptors (Lipinski definition) is 3. The Balaban J connectivity index is 2.00. The van der Waals surface area contributed by atoms with E-state index in [2.05, 4.69) is 37.6 Å². The summed E-state index contributed by atoms with van der Waals surface area (Å²) >= 11 is 0. The van der Waals surface area contributed by atoms with Crippen molar-refractivity contribution in [3.63, 3.8) is 0 Å². The molecule has 20 heavy (non-hydrogen) atoms. The van der Waals surface area contributed by atoms with Crippen LogP contribution in [0.3, 0.4) is 0 Å². The fourth-order valence-corrected chi connectivity index (χ4v) is 4.30. The standard InChI is InChI=1S/C17H35N3/c1-14(2)20-10-8-17(13-18,9-11-20)19(4)16-7-5-6-15(3)12-16/h14-16H,5-13,18H2,1-4H3. The van der Waals surface area contributed by atoms with Gasteiger partial charge >= 0.3 is 0 Å². The Morgan fingerprint density at radius 2 is 1.90 bits per heavy atom. The summed E-state index contributed by atoms with van der Waals surface area (Å²) in [5.41, 5.74) is 6.50. The number of nitrogens with zero attached hydrogens (tertiary/aromatic N) is 2. The molecule has 1 heterocycles. The number of hydrogen-bond donors (Lipinski definition) is 1. The number of likely N-dealkylation sites (N-methyl/N-ethyl adjacent to an activating group) is 1. The van der Waals surface area contributed by atoms with Crippen molar-refractivity contribution in [2.45, 2.75) is 76.9 Å². The highest BCUT2D eigenvalue weighted by Crippen LogP contribution is 2.35. The molecule has 0 aromatic heterocycles. The molecule has 0 radical (unpaired) electrons. The van der Waals surface area contributed by atoms with Gasteiger partial charge in [0.1, 0.15) is 0 Å². The predicted octanol–water partition coefficient (Wildman–Crippen LogP) is 2.70. The van der Waals surface area contributed by atoms with E-state index in [4.69, 9.17) is 5.73 Å². The highest BCUT2D eigenvalue weighted by atomic mass is 15.3. The molecule has 1 saturated heterocycles. The second kappa shape index (κ2) is 6.76. The van der Waals surface area contributed by atoms with E-state index in [1.807, 2.05) is 0 Å². The summed E-state index contributed by atoms with van der Waals surface area (Å²) in [7, 11) is 2.35. The lowest BCUT2D eigenvalue weighted by Crippen LogP contribution is -2.61. The van der Waals surface area contributed by atoms with E-state index >= 15 is 0 Å². The number of likely N-dealkylation sites (tertiary alicyclic amines) is 1. The third kappa shape index (κ3) is 3.37. The largest absolute Gasteiger partial charge is 0.329 e. The van der Waals surface area contributed by atoms with Crippen LogP contribution in [0.1, 0.15) is 59.3 Å². The van der Waals surface area contributed by atoms with Crippen LogP contribution in [0.25, 0.3) is 0 Å². The Labute approximate surface area is 125 Å². The third-order valence-electron chi connectivity index (χ3n) is 6.04. The second-order valence-electron chi connectivity index (χ2n) is 7.59. The lowest BCUT2D eigenvalue weighted by Gasteiger charge is -2.51. The minimum Gasteiger partial charge on any atom is -0.329 e. The summed E-state index contributed by atoms with van der Waals surface area (Å²) in [6, 6.07) is 1.43. The molecule has 2 atom stereocenters. The van der Waals surface area contributed by atoms with Gasteiger partial charge in [0.2, 0.25) is 0 Å². The predicted molar refractivity (Wildman–Crippen MR) is 86.9 cm³/mol. The molecular weight excluding hydrogens is 246 g/mol. The van der Waals surface area contributed by atoms with Crippen LogP contribution in [0.4, 0.5) is 0 Å². The van der Waals surface area contributed by atoms with Crippen molar-refractivity contribution in [3.05, 3.63) is 0 Å². The van der Waals surface area contributed by atoms with Gasteiger partial charge in [-0.2, -0.15) is 0 Å². The van der Waals surface area contributed by atoms with Gasteiger partial charge in [-0.15, -0.1) is 0 Å². The zero-order chi connectivity index (χ0) is 14.8. The van der Waals surface area contributed by atoms with Gasteiger partial charge in [-0.25, -0.2) is 0 Å². The first-order chi connectivity index (χ1) is 9.48. The molecule has 118 valence electrons. The lowest BCUT2D eigenvalue weighted by atomic mass is 9.80. The van der Waals surface area contributed by atoms with E-state index in [9.17, 15) is 0 Å². The van der Waals surface area contributed by atoms with Gasteiger partial charge in [0, 0.05) is 37.3 Å². The summed E-state index contributed by atoms with van der Waals surface area (Å²) in [4.78, 5) is 5.28. The second-order valence-corrected chi connectivity index (χ2v) is 7.59. The monoisotopic (exact) mass is 281 g/mol. The van der Waals surface area contributed by atoms with Gasteiger partial charge in [0.15, 0.2) is 0 Å². The van der Waals surface area contributed by atoms with Crippen molar-refractivity contribution in [3.8, 4) is 0 Å². The van der Waals surface area contributed by atoms with Gasteiger partial charge in [0.25, 0.3) is 0 Å². The number of rotatable bonds is 4. The first-order valence-corrected chi connectivity index (χ1v) is 8.65. The van der Waals surface area contributed by atoms with Crippen LogP contribution >= 0.6 is 0 Å². The summed E-state index contributed by atoms with van der Waals surface area (Å²) in [6.45, 7) is 10.3. The van der Waals surface area contributed by atoms with Crippen molar-refractivity contribution in [2.75, 3.05) is 26.7 Å². The van der Waals surface area contributed by atoms with E-state index in [-0.39, 0.29) is 5.54 Å². The molecule has 1 saturated carbocycles.